The monoisotopic (exact) mass is 477 g/mol. The second-order valence-corrected chi connectivity index (χ2v) is 9.90. The number of imidazole rings is 1. The van der Waals surface area contributed by atoms with Crippen molar-refractivity contribution in [1.29, 1.82) is 0 Å². The first-order chi connectivity index (χ1) is 16.3. The number of hydrogen-bond acceptors (Lipinski definition) is 4. The third-order valence-corrected chi connectivity index (χ3v) is 7.53. The van der Waals surface area contributed by atoms with Crippen LogP contribution < -0.4 is 0 Å². The molecule has 5 rings (SSSR count). The van der Waals surface area contributed by atoms with Crippen LogP contribution in [0.1, 0.15) is 23.1 Å². The summed E-state index contributed by atoms with van der Waals surface area (Å²) in [6.45, 7) is 5.66. The number of morpholine rings is 1. The van der Waals surface area contributed by atoms with Gasteiger partial charge < -0.3 is 9.30 Å². The maximum Gasteiger partial charge on any atom is 0.127 e. The zero-order valence-corrected chi connectivity index (χ0v) is 20.1. The molecule has 0 amide bonds. The number of thioether (sulfide) groups is 1. The summed E-state index contributed by atoms with van der Waals surface area (Å²) in [6, 6.07) is 27.3. The minimum Gasteiger partial charge on any atom is -0.379 e. The lowest BCUT2D eigenvalue weighted by atomic mass is 10.1. The van der Waals surface area contributed by atoms with Crippen molar-refractivity contribution in [3.63, 3.8) is 0 Å². The number of aryl methyl sites for hydroxylation is 1. The van der Waals surface area contributed by atoms with E-state index in [4.69, 9.17) is 21.3 Å². The zero-order valence-electron chi connectivity index (χ0n) is 18.6. The van der Waals surface area contributed by atoms with Crippen molar-refractivity contribution in [2.24, 2.45) is 0 Å². The summed E-state index contributed by atoms with van der Waals surface area (Å²) >= 11 is 8.26. The van der Waals surface area contributed by atoms with Crippen LogP contribution >= 0.6 is 23.4 Å². The normalized spacial score (nSPS) is 15.7. The molecule has 2 heterocycles. The average molecular weight is 478 g/mol. The van der Waals surface area contributed by atoms with Gasteiger partial charge in [-0.25, -0.2) is 4.98 Å². The third kappa shape index (κ3) is 5.44. The molecule has 0 radical (unpaired) electrons. The van der Waals surface area contributed by atoms with E-state index in [2.05, 4.69) is 76.2 Å². The highest BCUT2D eigenvalue weighted by molar-refractivity contribution is 7.99. The molecular formula is C27H28ClN3OS. The quantitative estimate of drug-likeness (QED) is 0.279. The predicted molar refractivity (Wildman–Crippen MR) is 137 cm³/mol. The molecule has 4 aromatic rings. The standard InChI is InChI=1S/C27H28ClN3OS/c28-22-12-13-24-25(20-22)31(15-7-14-30-16-18-32-19-17-30)27(29-24)26(21-8-3-1-4-9-21)33-23-10-5-2-6-11-23/h1-6,8-13,20,26H,7,14-19H2. The van der Waals surface area contributed by atoms with E-state index in [1.165, 1.54) is 10.5 Å². The van der Waals surface area contributed by atoms with E-state index in [-0.39, 0.29) is 5.25 Å². The fourth-order valence-corrected chi connectivity index (χ4v) is 5.69. The summed E-state index contributed by atoms with van der Waals surface area (Å²) in [6.07, 6.45) is 1.06. The number of hydrogen-bond donors (Lipinski definition) is 0. The molecule has 1 atom stereocenters. The summed E-state index contributed by atoms with van der Waals surface area (Å²) in [5.74, 6) is 1.08. The number of halogens is 1. The first-order valence-electron chi connectivity index (χ1n) is 11.5. The van der Waals surface area contributed by atoms with Crippen molar-refractivity contribution in [3.8, 4) is 0 Å². The van der Waals surface area contributed by atoms with Gasteiger partial charge in [0.1, 0.15) is 5.82 Å². The van der Waals surface area contributed by atoms with Crippen LogP contribution in [-0.4, -0.2) is 47.3 Å². The lowest BCUT2D eigenvalue weighted by Crippen LogP contribution is -2.37. The van der Waals surface area contributed by atoms with Crippen molar-refractivity contribution in [1.82, 2.24) is 14.5 Å². The number of fused-ring (bicyclic) bond motifs is 1. The highest BCUT2D eigenvalue weighted by Crippen LogP contribution is 2.41. The molecule has 170 valence electrons. The Kier molecular flexibility index (Phi) is 7.32. The largest absolute Gasteiger partial charge is 0.379 e. The number of aromatic nitrogens is 2. The predicted octanol–water partition coefficient (Wildman–Crippen LogP) is 6.29. The molecule has 0 saturated carbocycles. The second-order valence-electron chi connectivity index (χ2n) is 8.28. The van der Waals surface area contributed by atoms with Gasteiger partial charge in [0.25, 0.3) is 0 Å². The van der Waals surface area contributed by atoms with Crippen molar-refractivity contribution >= 4 is 34.4 Å². The SMILES string of the molecule is Clc1ccc2nc(C(Sc3ccccc3)c3ccccc3)n(CCCN3CCOCC3)c2c1. The Morgan fingerprint density at radius 1 is 0.909 bits per heavy atom. The van der Waals surface area contributed by atoms with E-state index < -0.39 is 0 Å². The number of benzene rings is 3. The Morgan fingerprint density at radius 3 is 2.39 bits per heavy atom. The summed E-state index contributed by atoms with van der Waals surface area (Å²) < 4.78 is 7.89. The van der Waals surface area contributed by atoms with Crippen LogP contribution in [0, 0.1) is 0 Å². The van der Waals surface area contributed by atoms with Gasteiger partial charge in [-0.2, -0.15) is 0 Å². The first-order valence-corrected chi connectivity index (χ1v) is 12.8. The second kappa shape index (κ2) is 10.7. The topological polar surface area (TPSA) is 30.3 Å². The Hall–Kier alpha value is -2.31. The van der Waals surface area contributed by atoms with Crippen LogP contribution in [0.5, 0.6) is 0 Å². The summed E-state index contributed by atoms with van der Waals surface area (Å²) in [5.41, 5.74) is 3.35. The molecule has 0 bridgehead atoms. The number of ether oxygens (including phenoxy) is 1. The van der Waals surface area contributed by atoms with Gasteiger partial charge in [-0.15, -0.1) is 11.8 Å². The number of rotatable bonds is 8. The van der Waals surface area contributed by atoms with E-state index >= 15 is 0 Å². The molecule has 1 fully saturated rings. The smallest absolute Gasteiger partial charge is 0.127 e. The fourth-order valence-electron chi connectivity index (χ4n) is 4.36. The van der Waals surface area contributed by atoms with E-state index in [1.54, 1.807) is 0 Å². The molecular weight excluding hydrogens is 450 g/mol. The van der Waals surface area contributed by atoms with Crippen molar-refractivity contribution in [2.75, 3.05) is 32.8 Å². The summed E-state index contributed by atoms with van der Waals surface area (Å²) in [7, 11) is 0. The van der Waals surface area contributed by atoms with Gasteiger partial charge in [-0.1, -0.05) is 60.1 Å². The number of nitrogens with zero attached hydrogens (tertiary/aromatic N) is 3. The molecule has 0 spiro atoms. The zero-order chi connectivity index (χ0) is 22.5. The maximum absolute atomic E-state index is 6.41. The highest BCUT2D eigenvalue weighted by atomic mass is 35.5. The van der Waals surface area contributed by atoms with Crippen LogP contribution in [0.25, 0.3) is 11.0 Å². The van der Waals surface area contributed by atoms with Gasteiger partial charge in [0.05, 0.1) is 29.5 Å². The average Bonchev–Trinajstić information content (AvgIpc) is 3.22. The molecule has 3 aromatic carbocycles. The third-order valence-electron chi connectivity index (χ3n) is 6.03. The van der Waals surface area contributed by atoms with Crippen molar-refractivity contribution in [2.45, 2.75) is 23.1 Å². The molecule has 1 unspecified atom stereocenters. The maximum atomic E-state index is 6.41. The van der Waals surface area contributed by atoms with Crippen molar-refractivity contribution < 1.29 is 4.74 Å². The molecule has 33 heavy (non-hydrogen) atoms. The van der Waals surface area contributed by atoms with Gasteiger partial charge in [-0.05, 0) is 42.3 Å². The Balaban J connectivity index is 1.51. The lowest BCUT2D eigenvalue weighted by Gasteiger charge is -2.27. The summed E-state index contributed by atoms with van der Waals surface area (Å²) in [5, 5.41) is 0.832. The molecule has 1 aromatic heterocycles. The van der Waals surface area contributed by atoms with E-state index in [9.17, 15) is 0 Å². The van der Waals surface area contributed by atoms with Crippen molar-refractivity contribution in [3.05, 3.63) is 95.3 Å². The Morgan fingerprint density at radius 2 is 1.64 bits per heavy atom. The van der Waals surface area contributed by atoms with Crippen LogP contribution in [0.4, 0.5) is 0 Å². The molecule has 1 aliphatic heterocycles. The first kappa shape index (κ1) is 22.5. The van der Waals surface area contributed by atoms with Gasteiger partial charge >= 0.3 is 0 Å². The van der Waals surface area contributed by atoms with Gasteiger partial charge in [0.15, 0.2) is 0 Å². The molecule has 6 heteroatoms. The molecule has 1 saturated heterocycles. The van der Waals surface area contributed by atoms with E-state index in [1.807, 2.05) is 23.9 Å². The van der Waals surface area contributed by atoms with Gasteiger partial charge in [-0.3, -0.25) is 4.90 Å². The van der Waals surface area contributed by atoms with Gasteiger partial charge in [0, 0.05) is 36.1 Å². The van der Waals surface area contributed by atoms with Crippen LogP contribution in [0.2, 0.25) is 5.02 Å². The summed E-state index contributed by atoms with van der Waals surface area (Å²) in [4.78, 5) is 8.86. The minimum atomic E-state index is 0.0863. The minimum absolute atomic E-state index is 0.0863. The van der Waals surface area contributed by atoms with Crippen LogP contribution in [0.15, 0.2) is 83.8 Å². The highest BCUT2D eigenvalue weighted by Gasteiger charge is 2.24. The molecule has 0 aliphatic carbocycles. The molecule has 4 nitrogen and oxygen atoms in total. The fraction of sp³-hybridized carbons (Fsp3) is 0.296. The van der Waals surface area contributed by atoms with Crippen LogP contribution in [0.3, 0.4) is 0 Å². The van der Waals surface area contributed by atoms with E-state index in [0.717, 1.165) is 67.7 Å². The van der Waals surface area contributed by atoms with Crippen LogP contribution in [-0.2, 0) is 11.3 Å². The van der Waals surface area contributed by atoms with Gasteiger partial charge in [0.2, 0.25) is 0 Å². The lowest BCUT2D eigenvalue weighted by molar-refractivity contribution is 0.0369. The molecule has 0 N–H and O–H groups in total. The molecule has 1 aliphatic rings. The van der Waals surface area contributed by atoms with E-state index in [0.29, 0.717) is 0 Å². The Bertz CT molecular complexity index is 1180. The Labute approximate surface area is 204 Å².